The molecule has 0 unspecified atom stereocenters. The molecule has 3 N–H and O–H groups in total. The molecule has 0 bridgehead atoms. The largest absolute Gasteiger partial charge is 0.500 e. The van der Waals surface area contributed by atoms with E-state index in [1.165, 1.54) is 5.57 Å². The second-order valence-corrected chi connectivity index (χ2v) is 8.18. The summed E-state index contributed by atoms with van der Waals surface area (Å²) in [5.74, 6) is 1.10. The third-order valence-corrected chi connectivity index (χ3v) is 5.21. The molecule has 150 valence electrons. The summed E-state index contributed by atoms with van der Waals surface area (Å²) in [6, 6.07) is 7.77. The molecular weight excluding hydrogens is 366 g/mol. The van der Waals surface area contributed by atoms with E-state index in [2.05, 4.69) is 46.3 Å². The van der Waals surface area contributed by atoms with E-state index in [4.69, 9.17) is 4.74 Å². The summed E-state index contributed by atoms with van der Waals surface area (Å²) < 4.78 is 5.49. The van der Waals surface area contributed by atoms with Gasteiger partial charge in [-0.2, -0.15) is 5.10 Å². The number of hydrogen-bond donors (Lipinski definition) is 3. The summed E-state index contributed by atoms with van der Waals surface area (Å²) in [7, 11) is 1.61. The van der Waals surface area contributed by atoms with E-state index in [9.17, 15) is 4.79 Å². The fraction of sp³-hybridized carbons (Fsp3) is 0.318. The molecule has 1 aliphatic rings. The number of allylic oxidation sites excluding steroid dienone is 2. The molecule has 0 spiro atoms. The first-order valence-electron chi connectivity index (χ1n) is 9.65. The maximum atomic E-state index is 13.1. The Labute approximate surface area is 169 Å². The standard InChI is InChI=1S/C22H25N5O2/c1-22(2,3)13-9-10-18(29-4)14(11-13)21(28)26-17-12-23-27-19(17)20-24-15-7-5-6-8-16(15)25-20/h5-8,11-12H,9-10H2,1-4H3,(H,23,27)(H,24,25)(H,26,28). The highest BCUT2D eigenvalue weighted by Crippen LogP contribution is 2.36. The molecule has 4 rings (SSSR count). The van der Waals surface area contributed by atoms with Gasteiger partial charge < -0.3 is 15.0 Å². The number of aromatic nitrogens is 4. The minimum atomic E-state index is -0.220. The molecule has 0 saturated carbocycles. The average Bonchev–Trinajstić information content (AvgIpc) is 3.32. The fourth-order valence-corrected chi connectivity index (χ4v) is 3.53. The number of imidazole rings is 1. The van der Waals surface area contributed by atoms with Gasteiger partial charge in [-0.25, -0.2) is 4.98 Å². The molecular formula is C22H25N5O2. The van der Waals surface area contributed by atoms with Gasteiger partial charge in [-0.1, -0.05) is 38.5 Å². The number of H-pyrrole nitrogens is 2. The van der Waals surface area contributed by atoms with Gasteiger partial charge in [-0.3, -0.25) is 9.89 Å². The first-order chi connectivity index (χ1) is 13.9. The second-order valence-electron chi connectivity index (χ2n) is 8.18. The highest BCUT2D eigenvalue weighted by molar-refractivity contribution is 6.07. The lowest BCUT2D eigenvalue weighted by Gasteiger charge is -2.27. The van der Waals surface area contributed by atoms with Crippen LogP contribution < -0.4 is 5.32 Å². The van der Waals surface area contributed by atoms with Crippen molar-refractivity contribution in [2.24, 2.45) is 5.41 Å². The normalized spacial score (nSPS) is 14.8. The smallest absolute Gasteiger partial charge is 0.259 e. The quantitative estimate of drug-likeness (QED) is 0.607. The van der Waals surface area contributed by atoms with Crippen LogP contribution in [0.5, 0.6) is 0 Å². The van der Waals surface area contributed by atoms with Crippen LogP contribution in [0.15, 0.2) is 53.4 Å². The summed E-state index contributed by atoms with van der Waals surface area (Å²) in [4.78, 5) is 20.9. The Hall–Kier alpha value is -3.35. The molecule has 1 aromatic carbocycles. The lowest BCUT2D eigenvalue weighted by Crippen LogP contribution is -2.21. The third kappa shape index (κ3) is 3.68. The number of rotatable bonds is 4. The first kappa shape index (κ1) is 19.0. The third-order valence-electron chi connectivity index (χ3n) is 5.21. The van der Waals surface area contributed by atoms with Crippen molar-refractivity contribution in [3.05, 3.63) is 53.4 Å². The number of aromatic amines is 2. The van der Waals surface area contributed by atoms with Gasteiger partial charge in [0.2, 0.25) is 0 Å². The lowest BCUT2D eigenvalue weighted by molar-refractivity contribution is -0.112. The minimum Gasteiger partial charge on any atom is -0.500 e. The Balaban J connectivity index is 1.65. The van der Waals surface area contributed by atoms with Gasteiger partial charge >= 0.3 is 0 Å². The van der Waals surface area contributed by atoms with Crippen molar-refractivity contribution in [1.29, 1.82) is 0 Å². The fourth-order valence-electron chi connectivity index (χ4n) is 3.53. The minimum absolute atomic E-state index is 0.000121. The van der Waals surface area contributed by atoms with Crippen LogP contribution in [-0.2, 0) is 9.53 Å². The van der Waals surface area contributed by atoms with Gasteiger partial charge in [0.15, 0.2) is 5.82 Å². The van der Waals surface area contributed by atoms with E-state index in [0.29, 0.717) is 35.0 Å². The number of hydrogen-bond acceptors (Lipinski definition) is 4. The monoisotopic (exact) mass is 391 g/mol. The molecule has 1 amide bonds. The Morgan fingerprint density at radius 1 is 1.21 bits per heavy atom. The summed E-state index contributed by atoms with van der Waals surface area (Å²) in [5, 5.41) is 9.99. The van der Waals surface area contributed by atoms with Gasteiger partial charge in [0.1, 0.15) is 11.5 Å². The topological polar surface area (TPSA) is 95.7 Å². The summed E-state index contributed by atoms with van der Waals surface area (Å²) in [5.41, 5.74) is 4.75. The van der Waals surface area contributed by atoms with Crippen molar-refractivity contribution in [1.82, 2.24) is 20.2 Å². The van der Waals surface area contributed by atoms with Gasteiger partial charge in [0, 0.05) is 6.42 Å². The van der Waals surface area contributed by atoms with Gasteiger partial charge in [0.05, 0.1) is 35.6 Å². The molecule has 0 atom stereocenters. The van der Waals surface area contributed by atoms with Crippen LogP contribution in [0.3, 0.4) is 0 Å². The molecule has 3 aromatic rings. The number of amides is 1. The Kier molecular flexibility index (Phi) is 4.74. The van der Waals surface area contributed by atoms with Crippen molar-refractivity contribution in [2.75, 3.05) is 12.4 Å². The Morgan fingerprint density at radius 3 is 2.72 bits per heavy atom. The zero-order valence-corrected chi connectivity index (χ0v) is 17.1. The van der Waals surface area contributed by atoms with Gasteiger partial charge in [0.25, 0.3) is 5.91 Å². The van der Waals surface area contributed by atoms with E-state index >= 15 is 0 Å². The van der Waals surface area contributed by atoms with Crippen LogP contribution in [0.2, 0.25) is 0 Å². The summed E-state index contributed by atoms with van der Waals surface area (Å²) in [6.45, 7) is 6.46. The highest BCUT2D eigenvalue weighted by Gasteiger charge is 2.26. The van der Waals surface area contributed by atoms with E-state index in [-0.39, 0.29) is 11.3 Å². The Morgan fingerprint density at radius 2 is 2.00 bits per heavy atom. The molecule has 0 fully saturated rings. The van der Waals surface area contributed by atoms with E-state index in [0.717, 1.165) is 17.5 Å². The van der Waals surface area contributed by atoms with Gasteiger partial charge in [-0.05, 0) is 30.0 Å². The predicted octanol–water partition coefficient (Wildman–Crippen LogP) is 4.56. The number of carbonyl (C=O) groups excluding carboxylic acids is 1. The number of benzene rings is 1. The summed E-state index contributed by atoms with van der Waals surface area (Å²) >= 11 is 0. The number of ether oxygens (including phenoxy) is 1. The van der Waals surface area contributed by atoms with Crippen LogP contribution in [0.4, 0.5) is 5.69 Å². The zero-order chi connectivity index (χ0) is 20.6. The van der Waals surface area contributed by atoms with Crippen LogP contribution >= 0.6 is 0 Å². The molecule has 7 nitrogen and oxygen atoms in total. The Bertz CT molecular complexity index is 1090. The van der Waals surface area contributed by atoms with Crippen LogP contribution in [0.25, 0.3) is 22.6 Å². The maximum absolute atomic E-state index is 13.1. The molecule has 0 aliphatic heterocycles. The SMILES string of the molecule is COC1=C(C(=O)Nc2cn[nH]c2-c2nc3ccccc3[nH]2)C=C(C(C)(C)C)CC1. The zero-order valence-electron chi connectivity index (χ0n) is 17.1. The van der Waals surface area contributed by atoms with Crippen molar-refractivity contribution in [3.8, 4) is 11.5 Å². The van der Waals surface area contributed by atoms with Crippen LogP contribution in [0.1, 0.15) is 33.6 Å². The highest BCUT2D eigenvalue weighted by atomic mass is 16.5. The van der Waals surface area contributed by atoms with Crippen molar-refractivity contribution in [3.63, 3.8) is 0 Å². The number of para-hydroxylation sites is 2. The number of anilines is 1. The van der Waals surface area contributed by atoms with Crippen LogP contribution in [-0.4, -0.2) is 33.2 Å². The van der Waals surface area contributed by atoms with E-state index in [1.807, 2.05) is 30.3 Å². The number of methoxy groups -OCH3 is 1. The average molecular weight is 391 g/mol. The number of nitrogens with one attached hydrogen (secondary N) is 3. The number of nitrogens with zero attached hydrogens (tertiary/aromatic N) is 2. The van der Waals surface area contributed by atoms with Crippen molar-refractivity contribution in [2.45, 2.75) is 33.6 Å². The van der Waals surface area contributed by atoms with Crippen molar-refractivity contribution >= 4 is 22.6 Å². The van der Waals surface area contributed by atoms with Gasteiger partial charge in [-0.15, -0.1) is 0 Å². The van der Waals surface area contributed by atoms with Crippen LogP contribution in [0, 0.1) is 5.41 Å². The van der Waals surface area contributed by atoms with Crippen molar-refractivity contribution < 1.29 is 9.53 Å². The molecule has 1 aliphatic carbocycles. The molecule has 0 saturated heterocycles. The number of fused-ring (bicyclic) bond motifs is 1. The molecule has 0 radical (unpaired) electrons. The summed E-state index contributed by atoms with van der Waals surface area (Å²) in [6.07, 6.45) is 5.15. The second kappa shape index (κ2) is 7.24. The molecule has 7 heteroatoms. The van der Waals surface area contributed by atoms with E-state index in [1.54, 1.807) is 13.3 Å². The lowest BCUT2D eigenvalue weighted by atomic mass is 9.80. The first-order valence-corrected chi connectivity index (χ1v) is 9.65. The molecule has 2 aromatic heterocycles. The molecule has 29 heavy (non-hydrogen) atoms. The molecule has 2 heterocycles. The predicted molar refractivity (Wildman–Crippen MR) is 113 cm³/mol. The van der Waals surface area contributed by atoms with E-state index < -0.39 is 0 Å². The number of carbonyl (C=O) groups is 1. The maximum Gasteiger partial charge on any atom is 0.259 e.